The van der Waals surface area contributed by atoms with Gasteiger partial charge in [-0.2, -0.15) is 0 Å². The molecule has 0 aliphatic rings. The zero-order valence-electron chi connectivity index (χ0n) is 10.00. The summed E-state index contributed by atoms with van der Waals surface area (Å²) in [4.78, 5) is 12.4. The van der Waals surface area contributed by atoms with Crippen LogP contribution in [0.2, 0.25) is 5.02 Å². The van der Waals surface area contributed by atoms with Crippen molar-refractivity contribution in [2.24, 2.45) is 0 Å². The van der Waals surface area contributed by atoms with E-state index < -0.39 is 0 Å². The summed E-state index contributed by atoms with van der Waals surface area (Å²) in [5.74, 6) is 0.373. The van der Waals surface area contributed by atoms with Crippen molar-refractivity contribution < 1.29 is 4.79 Å². The van der Waals surface area contributed by atoms with Gasteiger partial charge < -0.3 is 11.1 Å². The summed E-state index contributed by atoms with van der Waals surface area (Å²) in [6, 6.07) is 5.47. The van der Waals surface area contributed by atoms with E-state index in [0.717, 1.165) is 11.3 Å². The average Bonchev–Trinajstić information content (AvgIpc) is 2.30. The Morgan fingerprint density at radius 1 is 1.59 bits per heavy atom. The van der Waals surface area contributed by atoms with Crippen LogP contribution in [0, 0.1) is 0 Å². The number of hydrogen-bond acceptors (Lipinski definition) is 3. The lowest BCUT2D eigenvalue weighted by atomic mass is 10.3. The molecule has 0 aromatic heterocycles. The van der Waals surface area contributed by atoms with Gasteiger partial charge in [0, 0.05) is 21.6 Å². The van der Waals surface area contributed by atoms with E-state index in [2.05, 4.69) is 5.32 Å². The summed E-state index contributed by atoms with van der Waals surface area (Å²) < 4.78 is 0. The highest BCUT2D eigenvalue weighted by atomic mass is 35.5. The predicted molar refractivity (Wildman–Crippen MR) is 74.5 cm³/mol. The van der Waals surface area contributed by atoms with Crippen molar-refractivity contribution in [3.05, 3.63) is 23.2 Å². The number of rotatable bonds is 5. The molecule has 0 saturated carbocycles. The number of anilines is 1. The molecule has 0 aliphatic carbocycles. The normalized spacial score (nSPS) is 12.2. The molecule has 1 unspecified atom stereocenters. The van der Waals surface area contributed by atoms with Crippen molar-refractivity contribution in [1.82, 2.24) is 5.32 Å². The summed E-state index contributed by atoms with van der Waals surface area (Å²) >= 11 is 7.27. The van der Waals surface area contributed by atoms with Gasteiger partial charge in [-0.25, -0.2) is 0 Å². The largest absolute Gasteiger partial charge is 0.398 e. The Hall–Kier alpha value is -0.870. The Morgan fingerprint density at radius 2 is 2.29 bits per heavy atom. The number of nitrogen functional groups attached to an aromatic ring is 1. The summed E-state index contributed by atoms with van der Waals surface area (Å²) in [6.07, 6.45) is 0.926. The Kier molecular flexibility index (Phi) is 5.65. The molecule has 0 spiro atoms. The third-order valence-electron chi connectivity index (χ3n) is 2.35. The van der Waals surface area contributed by atoms with Crippen LogP contribution in [0.5, 0.6) is 0 Å². The van der Waals surface area contributed by atoms with Crippen LogP contribution in [0.25, 0.3) is 0 Å². The first-order chi connectivity index (χ1) is 8.02. The lowest BCUT2D eigenvalue weighted by Crippen LogP contribution is -2.33. The molecule has 0 aliphatic heterocycles. The number of nitrogens with two attached hydrogens (primary N) is 1. The first-order valence-electron chi connectivity index (χ1n) is 5.50. The highest BCUT2D eigenvalue weighted by molar-refractivity contribution is 8.00. The zero-order valence-corrected chi connectivity index (χ0v) is 11.6. The summed E-state index contributed by atoms with van der Waals surface area (Å²) in [6.45, 7) is 4.02. The Bertz CT molecular complexity index is 398. The molecule has 94 valence electrons. The molecular formula is C12H17ClN2OS. The number of carbonyl (C=O) groups excluding carboxylic acids is 1. The molecule has 1 amide bonds. The van der Waals surface area contributed by atoms with Crippen LogP contribution in [0.15, 0.2) is 23.1 Å². The van der Waals surface area contributed by atoms with Gasteiger partial charge in [0.05, 0.1) is 5.75 Å². The van der Waals surface area contributed by atoms with Crippen molar-refractivity contribution in [1.29, 1.82) is 0 Å². The Morgan fingerprint density at radius 3 is 2.94 bits per heavy atom. The Balaban J connectivity index is 2.50. The topological polar surface area (TPSA) is 55.1 Å². The SMILES string of the molecule is CCC(C)NC(=O)CSc1cc(Cl)ccc1N. The number of benzene rings is 1. The van der Waals surface area contributed by atoms with Gasteiger partial charge >= 0.3 is 0 Å². The highest BCUT2D eigenvalue weighted by Gasteiger charge is 2.08. The monoisotopic (exact) mass is 272 g/mol. The standard InChI is InChI=1S/C12H17ClN2OS/c1-3-8(2)15-12(16)7-17-11-6-9(13)4-5-10(11)14/h4-6,8H,3,7,14H2,1-2H3,(H,15,16). The fourth-order valence-electron chi connectivity index (χ4n) is 1.20. The number of amides is 1. The predicted octanol–water partition coefficient (Wildman–Crippen LogP) is 2.93. The van der Waals surface area contributed by atoms with Gasteiger partial charge in [0.2, 0.25) is 5.91 Å². The molecule has 0 bridgehead atoms. The third-order valence-corrected chi connectivity index (χ3v) is 3.66. The summed E-state index contributed by atoms with van der Waals surface area (Å²) in [5.41, 5.74) is 6.44. The van der Waals surface area contributed by atoms with E-state index in [1.807, 2.05) is 13.8 Å². The van der Waals surface area contributed by atoms with Gasteiger partial charge in [-0.1, -0.05) is 18.5 Å². The van der Waals surface area contributed by atoms with Gasteiger partial charge in [0.1, 0.15) is 0 Å². The van der Waals surface area contributed by atoms with E-state index in [0.29, 0.717) is 16.5 Å². The van der Waals surface area contributed by atoms with Gasteiger partial charge in [0.15, 0.2) is 0 Å². The Labute approximate surface area is 111 Å². The molecule has 0 heterocycles. The van der Waals surface area contributed by atoms with Crippen LogP contribution in [-0.4, -0.2) is 17.7 Å². The summed E-state index contributed by atoms with van der Waals surface area (Å²) in [7, 11) is 0. The van der Waals surface area contributed by atoms with Crippen LogP contribution in [0.3, 0.4) is 0 Å². The van der Waals surface area contributed by atoms with Crippen molar-refractivity contribution in [3.8, 4) is 0 Å². The van der Waals surface area contributed by atoms with Crippen molar-refractivity contribution in [3.63, 3.8) is 0 Å². The third kappa shape index (κ3) is 4.88. The maximum atomic E-state index is 11.6. The molecule has 1 atom stereocenters. The number of nitrogens with one attached hydrogen (secondary N) is 1. The van der Waals surface area contributed by atoms with Gasteiger partial charge in [0.25, 0.3) is 0 Å². The molecule has 0 radical (unpaired) electrons. The van der Waals surface area contributed by atoms with E-state index >= 15 is 0 Å². The smallest absolute Gasteiger partial charge is 0.230 e. The van der Waals surface area contributed by atoms with Crippen molar-refractivity contribution in [2.75, 3.05) is 11.5 Å². The second kappa shape index (κ2) is 6.77. The molecule has 3 nitrogen and oxygen atoms in total. The molecule has 1 aromatic rings. The number of carbonyl (C=O) groups is 1. The molecular weight excluding hydrogens is 256 g/mol. The summed E-state index contributed by atoms with van der Waals surface area (Å²) in [5, 5.41) is 3.53. The minimum atomic E-state index is 0.0173. The van der Waals surface area contributed by atoms with E-state index in [4.69, 9.17) is 17.3 Å². The van der Waals surface area contributed by atoms with Crippen molar-refractivity contribution in [2.45, 2.75) is 31.2 Å². The number of thioether (sulfide) groups is 1. The maximum Gasteiger partial charge on any atom is 0.230 e. The molecule has 1 aromatic carbocycles. The molecule has 1 rings (SSSR count). The van der Waals surface area contributed by atoms with Crippen LogP contribution in [0.1, 0.15) is 20.3 Å². The van der Waals surface area contributed by atoms with Crippen LogP contribution >= 0.6 is 23.4 Å². The molecule has 3 N–H and O–H groups in total. The van der Waals surface area contributed by atoms with E-state index in [-0.39, 0.29) is 11.9 Å². The fraction of sp³-hybridized carbons (Fsp3) is 0.417. The number of hydrogen-bond donors (Lipinski definition) is 2. The van der Waals surface area contributed by atoms with Crippen LogP contribution < -0.4 is 11.1 Å². The fourth-order valence-corrected chi connectivity index (χ4v) is 2.25. The van der Waals surface area contributed by atoms with E-state index in [1.165, 1.54) is 11.8 Å². The first-order valence-corrected chi connectivity index (χ1v) is 6.86. The lowest BCUT2D eigenvalue weighted by molar-refractivity contribution is -0.119. The molecule has 0 saturated heterocycles. The van der Waals surface area contributed by atoms with E-state index in [1.54, 1.807) is 18.2 Å². The maximum absolute atomic E-state index is 11.6. The van der Waals surface area contributed by atoms with Gasteiger partial charge in [-0.3, -0.25) is 4.79 Å². The molecule has 5 heteroatoms. The number of halogens is 1. The lowest BCUT2D eigenvalue weighted by Gasteiger charge is -2.11. The average molecular weight is 273 g/mol. The van der Waals surface area contributed by atoms with Crippen LogP contribution in [0.4, 0.5) is 5.69 Å². The second-order valence-electron chi connectivity index (χ2n) is 3.85. The zero-order chi connectivity index (χ0) is 12.8. The minimum absolute atomic E-state index is 0.0173. The molecule has 0 fully saturated rings. The van der Waals surface area contributed by atoms with Gasteiger partial charge in [-0.15, -0.1) is 11.8 Å². The van der Waals surface area contributed by atoms with Crippen molar-refractivity contribution >= 4 is 35.0 Å². The highest BCUT2D eigenvalue weighted by Crippen LogP contribution is 2.27. The quantitative estimate of drug-likeness (QED) is 0.640. The van der Waals surface area contributed by atoms with Gasteiger partial charge in [-0.05, 0) is 31.5 Å². The van der Waals surface area contributed by atoms with E-state index in [9.17, 15) is 4.79 Å². The first kappa shape index (κ1) is 14.2. The minimum Gasteiger partial charge on any atom is -0.398 e. The van der Waals surface area contributed by atoms with Crippen LogP contribution in [-0.2, 0) is 4.79 Å². The second-order valence-corrected chi connectivity index (χ2v) is 5.30. The molecule has 17 heavy (non-hydrogen) atoms.